The van der Waals surface area contributed by atoms with E-state index in [1.54, 1.807) is 0 Å². The lowest BCUT2D eigenvalue weighted by Gasteiger charge is -2.11. The minimum atomic E-state index is -0.0298. The monoisotopic (exact) mass is 267 g/mol. The predicted octanol–water partition coefficient (Wildman–Crippen LogP) is 1.50. The molecule has 2 N–H and O–H groups in total. The molecular weight excluding hydrogens is 258 g/mol. The molecule has 5 heteroatoms. The molecule has 78 valence electrons. The summed E-state index contributed by atoms with van der Waals surface area (Å²) in [5, 5.41) is 5.55. The van der Waals surface area contributed by atoms with Crippen molar-refractivity contribution < 1.29 is 4.79 Å². The molecule has 1 aliphatic rings. The highest BCUT2D eigenvalue weighted by Gasteiger charge is 2.23. The van der Waals surface area contributed by atoms with Crippen molar-refractivity contribution in [2.45, 2.75) is 6.42 Å². The molecule has 1 heterocycles. The number of amides is 1. The van der Waals surface area contributed by atoms with Gasteiger partial charge in [0.25, 0.3) is 5.91 Å². The highest BCUT2D eigenvalue weighted by atomic mass is 79.9. The number of halogens is 1. The van der Waals surface area contributed by atoms with Crippen LogP contribution in [0, 0.1) is 0 Å². The van der Waals surface area contributed by atoms with Crippen LogP contribution in [-0.4, -0.2) is 18.2 Å². The maximum absolute atomic E-state index is 11.6. The third-order valence-corrected chi connectivity index (χ3v) is 2.67. The summed E-state index contributed by atoms with van der Waals surface area (Å²) in [6, 6.07) is 7.42. The first-order valence-corrected chi connectivity index (χ1v) is 5.35. The number of hydrogen-bond acceptors (Lipinski definition) is 3. The van der Waals surface area contributed by atoms with E-state index < -0.39 is 0 Å². The molecule has 0 atom stereocenters. The van der Waals surface area contributed by atoms with Gasteiger partial charge >= 0.3 is 0 Å². The summed E-state index contributed by atoms with van der Waals surface area (Å²) in [6.07, 6.45) is 0.326. The van der Waals surface area contributed by atoms with Crippen molar-refractivity contribution in [3.05, 3.63) is 28.7 Å². The van der Waals surface area contributed by atoms with Gasteiger partial charge in [0.1, 0.15) is 0 Å². The average Bonchev–Trinajstić information content (AvgIpc) is 2.61. The Hall–Kier alpha value is -1.20. The lowest BCUT2D eigenvalue weighted by molar-refractivity contribution is -0.116. The topological polar surface area (TPSA) is 58.7 Å². The van der Waals surface area contributed by atoms with Crippen molar-refractivity contribution in [1.29, 1.82) is 0 Å². The fourth-order valence-corrected chi connectivity index (χ4v) is 1.64. The van der Waals surface area contributed by atoms with Gasteiger partial charge in [0.05, 0.1) is 17.8 Å². The fraction of sp³-hybridized carbons (Fsp3) is 0.200. The molecule has 0 unspecified atom stereocenters. The first-order valence-electron chi connectivity index (χ1n) is 4.55. The number of nitrogens with two attached hydrogens (primary N) is 1. The van der Waals surface area contributed by atoms with Gasteiger partial charge in [-0.3, -0.25) is 4.79 Å². The van der Waals surface area contributed by atoms with Gasteiger partial charge in [-0.1, -0.05) is 15.9 Å². The number of carbonyl (C=O) groups is 1. The molecule has 1 amide bonds. The largest absolute Gasteiger partial charge is 0.325 e. The second kappa shape index (κ2) is 4.12. The quantitative estimate of drug-likeness (QED) is 0.883. The number of hydrogen-bond donors (Lipinski definition) is 1. The summed E-state index contributed by atoms with van der Waals surface area (Å²) in [7, 11) is 0. The van der Waals surface area contributed by atoms with E-state index in [-0.39, 0.29) is 5.91 Å². The molecule has 1 aliphatic heterocycles. The van der Waals surface area contributed by atoms with Crippen LogP contribution < -0.4 is 10.7 Å². The Kier molecular flexibility index (Phi) is 2.83. The number of anilines is 1. The van der Waals surface area contributed by atoms with Crippen molar-refractivity contribution in [2.24, 2.45) is 10.8 Å². The van der Waals surface area contributed by atoms with Gasteiger partial charge in [-0.2, -0.15) is 5.10 Å². The van der Waals surface area contributed by atoms with Gasteiger partial charge in [0, 0.05) is 11.0 Å². The van der Waals surface area contributed by atoms with Gasteiger partial charge in [-0.25, -0.2) is 5.01 Å². The molecule has 1 aromatic rings. The molecule has 0 aliphatic carbocycles. The normalized spacial score (nSPS) is 15.7. The molecule has 2 rings (SSSR count). The molecule has 1 aromatic carbocycles. The molecule has 4 nitrogen and oxygen atoms in total. The summed E-state index contributed by atoms with van der Waals surface area (Å²) in [5.74, 6) is -0.0298. The van der Waals surface area contributed by atoms with E-state index in [1.807, 2.05) is 24.3 Å². The lowest BCUT2D eigenvalue weighted by Crippen LogP contribution is -2.19. The van der Waals surface area contributed by atoms with Crippen LogP contribution in [0.3, 0.4) is 0 Å². The number of carbonyl (C=O) groups excluding carboxylic acids is 1. The first-order chi connectivity index (χ1) is 7.20. The predicted molar refractivity (Wildman–Crippen MR) is 62.7 cm³/mol. The third kappa shape index (κ3) is 2.08. The van der Waals surface area contributed by atoms with Crippen molar-refractivity contribution in [1.82, 2.24) is 0 Å². The summed E-state index contributed by atoms with van der Waals surface area (Å²) < 4.78 is 0.973. The standard InChI is InChI=1S/C10H10BrN3O/c11-7-1-3-9(4-2-7)14-10(15)5-8(6-12)13-14/h1-4H,5-6,12H2. The average molecular weight is 268 g/mol. The van der Waals surface area contributed by atoms with Crippen molar-refractivity contribution >= 4 is 33.2 Å². The molecule has 15 heavy (non-hydrogen) atoms. The van der Waals surface area contributed by atoms with Gasteiger partial charge < -0.3 is 5.73 Å². The van der Waals surface area contributed by atoms with Gasteiger partial charge in [0.2, 0.25) is 0 Å². The maximum atomic E-state index is 11.6. The summed E-state index contributed by atoms with van der Waals surface area (Å²) in [4.78, 5) is 11.6. The van der Waals surface area contributed by atoms with E-state index in [0.717, 1.165) is 15.9 Å². The van der Waals surface area contributed by atoms with Crippen LogP contribution in [0.15, 0.2) is 33.8 Å². The maximum Gasteiger partial charge on any atom is 0.253 e. The Morgan fingerprint density at radius 3 is 2.60 bits per heavy atom. The van der Waals surface area contributed by atoms with E-state index in [0.29, 0.717) is 13.0 Å². The Labute approximate surface area is 95.9 Å². The van der Waals surface area contributed by atoms with E-state index >= 15 is 0 Å². The van der Waals surface area contributed by atoms with E-state index in [2.05, 4.69) is 21.0 Å². The van der Waals surface area contributed by atoms with Crippen LogP contribution >= 0.6 is 15.9 Å². The smallest absolute Gasteiger partial charge is 0.253 e. The van der Waals surface area contributed by atoms with Gasteiger partial charge in [-0.05, 0) is 24.3 Å². The molecule has 0 fully saturated rings. The van der Waals surface area contributed by atoms with E-state index in [1.165, 1.54) is 5.01 Å². The highest BCUT2D eigenvalue weighted by Crippen LogP contribution is 2.22. The first kappa shape index (κ1) is 10.3. The van der Waals surface area contributed by atoms with Crippen molar-refractivity contribution in [3.8, 4) is 0 Å². The van der Waals surface area contributed by atoms with Crippen LogP contribution in [0.4, 0.5) is 5.69 Å². The summed E-state index contributed by atoms with van der Waals surface area (Å²) >= 11 is 3.34. The number of nitrogens with zero attached hydrogens (tertiary/aromatic N) is 2. The van der Waals surface area contributed by atoms with Gasteiger partial charge in [-0.15, -0.1) is 0 Å². The Morgan fingerprint density at radius 2 is 2.07 bits per heavy atom. The molecular formula is C10H10BrN3O. The zero-order chi connectivity index (χ0) is 10.8. The van der Waals surface area contributed by atoms with Crippen LogP contribution in [0.1, 0.15) is 6.42 Å². The highest BCUT2D eigenvalue weighted by molar-refractivity contribution is 9.10. The zero-order valence-corrected chi connectivity index (χ0v) is 9.57. The Bertz CT molecular complexity index is 413. The molecule has 0 saturated carbocycles. The van der Waals surface area contributed by atoms with E-state index in [4.69, 9.17) is 5.73 Å². The SMILES string of the molecule is NCC1=NN(c2ccc(Br)cc2)C(=O)C1. The number of benzene rings is 1. The van der Waals surface area contributed by atoms with Crippen LogP contribution in [0.2, 0.25) is 0 Å². The third-order valence-electron chi connectivity index (χ3n) is 2.14. The summed E-state index contributed by atoms with van der Waals surface area (Å²) in [5.41, 5.74) is 6.94. The van der Waals surface area contributed by atoms with E-state index in [9.17, 15) is 4.79 Å². The molecule has 0 bridgehead atoms. The van der Waals surface area contributed by atoms with Gasteiger partial charge in [0.15, 0.2) is 0 Å². The molecule has 0 spiro atoms. The molecule has 0 aromatic heterocycles. The van der Waals surface area contributed by atoms with Crippen molar-refractivity contribution in [3.63, 3.8) is 0 Å². The molecule has 0 saturated heterocycles. The minimum absolute atomic E-state index is 0.0298. The second-order valence-electron chi connectivity index (χ2n) is 3.23. The number of rotatable bonds is 2. The lowest BCUT2D eigenvalue weighted by atomic mass is 10.2. The fourth-order valence-electron chi connectivity index (χ4n) is 1.38. The minimum Gasteiger partial charge on any atom is -0.325 e. The van der Waals surface area contributed by atoms with Crippen molar-refractivity contribution in [2.75, 3.05) is 11.6 Å². The molecule has 0 radical (unpaired) electrons. The Morgan fingerprint density at radius 1 is 1.40 bits per heavy atom. The Balaban J connectivity index is 2.28. The zero-order valence-electron chi connectivity index (χ0n) is 7.98. The number of hydrazone groups is 1. The van der Waals surface area contributed by atoms with Crippen LogP contribution in [0.5, 0.6) is 0 Å². The summed E-state index contributed by atoms with van der Waals surface area (Å²) in [6.45, 7) is 0.332. The van der Waals surface area contributed by atoms with Crippen LogP contribution in [0.25, 0.3) is 0 Å². The second-order valence-corrected chi connectivity index (χ2v) is 4.14. The van der Waals surface area contributed by atoms with Crippen LogP contribution in [-0.2, 0) is 4.79 Å².